The minimum atomic E-state index is 0.693. The van der Waals surface area contributed by atoms with Crippen LogP contribution in [-0.2, 0) is 6.54 Å². The third-order valence-corrected chi connectivity index (χ3v) is 3.83. The fourth-order valence-electron chi connectivity index (χ4n) is 2.73. The van der Waals surface area contributed by atoms with E-state index in [0.29, 0.717) is 6.04 Å². The van der Waals surface area contributed by atoms with E-state index >= 15 is 0 Å². The summed E-state index contributed by atoms with van der Waals surface area (Å²) in [6.07, 6.45) is 4.05. The summed E-state index contributed by atoms with van der Waals surface area (Å²) in [5, 5.41) is 3.22. The van der Waals surface area contributed by atoms with E-state index < -0.39 is 0 Å². The van der Waals surface area contributed by atoms with E-state index in [1.165, 1.54) is 42.6 Å². The summed E-state index contributed by atoms with van der Waals surface area (Å²) in [5.74, 6) is 0. The Kier molecular flexibility index (Phi) is 4.06. The summed E-state index contributed by atoms with van der Waals surface area (Å²) in [6.45, 7) is 6.73. The number of nitrogens with one attached hydrogen (secondary N) is 1. The van der Waals surface area contributed by atoms with Crippen molar-refractivity contribution in [1.82, 2.24) is 5.32 Å². The third-order valence-electron chi connectivity index (χ3n) is 3.83. The molecule has 1 aromatic carbocycles. The second-order valence-electron chi connectivity index (χ2n) is 5.18. The van der Waals surface area contributed by atoms with Gasteiger partial charge in [0.2, 0.25) is 0 Å². The topological polar surface area (TPSA) is 15.3 Å². The maximum Gasteiger partial charge on any atom is 0.0371 e. The van der Waals surface area contributed by atoms with Gasteiger partial charge in [0.05, 0.1) is 0 Å². The Morgan fingerprint density at radius 1 is 1.35 bits per heavy atom. The monoisotopic (exact) mass is 232 g/mol. The third kappa shape index (κ3) is 2.81. The SMILES string of the molecule is CNCc1ccc(N2CCCCC2C)cc1C. The van der Waals surface area contributed by atoms with Gasteiger partial charge in [-0.1, -0.05) is 6.07 Å². The van der Waals surface area contributed by atoms with Crippen LogP contribution in [0.25, 0.3) is 0 Å². The lowest BCUT2D eigenvalue weighted by Crippen LogP contribution is -2.37. The van der Waals surface area contributed by atoms with Gasteiger partial charge in [0, 0.05) is 24.8 Å². The first kappa shape index (κ1) is 12.4. The van der Waals surface area contributed by atoms with Crippen LogP contribution in [0.4, 0.5) is 5.69 Å². The molecule has 0 bridgehead atoms. The maximum atomic E-state index is 3.22. The van der Waals surface area contributed by atoms with E-state index in [0.717, 1.165) is 6.54 Å². The highest BCUT2D eigenvalue weighted by atomic mass is 15.2. The van der Waals surface area contributed by atoms with Crippen molar-refractivity contribution in [2.45, 2.75) is 45.7 Å². The number of anilines is 1. The number of benzene rings is 1. The van der Waals surface area contributed by atoms with Gasteiger partial charge in [0.1, 0.15) is 0 Å². The summed E-state index contributed by atoms with van der Waals surface area (Å²) in [7, 11) is 2.00. The first-order chi connectivity index (χ1) is 8.22. The minimum absolute atomic E-state index is 0.693. The van der Waals surface area contributed by atoms with Crippen molar-refractivity contribution in [3.63, 3.8) is 0 Å². The normalized spacial score (nSPS) is 20.6. The molecule has 1 saturated heterocycles. The Bertz CT molecular complexity index is 373. The maximum absolute atomic E-state index is 3.22. The van der Waals surface area contributed by atoms with Gasteiger partial charge in [-0.25, -0.2) is 0 Å². The fourth-order valence-corrected chi connectivity index (χ4v) is 2.73. The molecule has 17 heavy (non-hydrogen) atoms. The molecule has 1 fully saturated rings. The van der Waals surface area contributed by atoms with Crippen LogP contribution in [0, 0.1) is 6.92 Å². The van der Waals surface area contributed by atoms with Crippen molar-refractivity contribution in [3.05, 3.63) is 29.3 Å². The largest absolute Gasteiger partial charge is 0.369 e. The fraction of sp³-hybridized carbons (Fsp3) is 0.600. The van der Waals surface area contributed by atoms with Crippen LogP contribution in [0.3, 0.4) is 0 Å². The van der Waals surface area contributed by atoms with Crippen molar-refractivity contribution in [1.29, 1.82) is 0 Å². The van der Waals surface area contributed by atoms with E-state index in [4.69, 9.17) is 0 Å². The van der Waals surface area contributed by atoms with Crippen molar-refractivity contribution < 1.29 is 0 Å². The molecule has 0 amide bonds. The van der Waals surface area contributed by atoms with E-state index in [-0.39, 0.29) is 0 Å². The molecule has 94 valence electrons. The quantitative estimate of drug-likeness (QED) is 0.861. The number of nitrogens with zero attached hydrogens (tertiary/aromatic N) is 1. The Balaban J connectivity index is 2.18. The number of hydrogen-bond donors (Lipinski definition) is 1. The van der Waals surface area contributed by atoms with Crippen molar-refractivity contribution >= 4 is 5.69 Å². The van der Waals surface area contributed by atoms with Gasteiger partial charge >= 0.3 is 0 Å². The van der Waals surface area contributed by atoms with Crippen molar-refractivity contribution in [2.75, 3.05) is 18.5 Å². The first-order valence-electron chi connectivity index (χ1n) is 6.73. The van der Waals surface area contributed by atoms with E-state index in [2.05, 4.69) is 42.3 Å². The Morgan fingerprint density at radius 3 is 2.82 bits per heavy atom. The van der Waals surface area contributed by atoms with Crippen LogP contribution >= 0.6 is 0 Å². The Labute approximate surface area is 105 Å². The van der Waals surface area contributed by atoms with Crippen LogP contribution in [0.15, 0.2) is 18.2 Å². The molecule has 2 heteroatoms. The molecule has 0 saturated carbocycles. The van der Waals surface area contributed by atoms with E-state index in [1.807, 2.05) is 7.05 Å². The molecular formula is C15H24N2. The van der Waals surface area contributed by atoms with Gasteiger partial charge in [-0.15, -0.1) is 0 Å². The van der Waals surface area contributed by atoms with Gasteiger partial charge in [0.15, 0.2) is 0 Å². The van der Waals surface area contributed by atoms with Crippen LogP contribution in [0.5, 0.6) is 0 Å². The summed E-state index contributed by atoms with van der Waals surface area (Å²) >= 11 is 0. The van der Waals surface area contributed by atoms with Crippen molar-refractivity contribution in [2.24, 2.45) is 0 Å². The Morgan fingerprint density at radius 2 is 2.18 bits per heavy atom. The zero-order valence-electron chi connectivity index (χ0n) is 11.3. The second kappa shape index (κ2) is 5.54. The molecule has 2 nitrogen and oxygen atoms in total. The lowest BCUT2D eigenvalue weighted by molar-refractivity contribution is 0.485. The van der Waals surface area contributed by atoms with Crippen LogP contribution in [0.2, 0.25) is 0 Å². The van der Waals surface area contributed by atoms with Gasteiger partial charge in [-0.2, -0.15) is 0 Å². The molecule has 0 spiro atoms. The zero-order chi connectivity index (χ0) is 12.3. The highest BCUT2D eigenvalue weighted by molar-refractivity contribution is 5.51. The molecule has 0 radical (unpaired) electrons. The van der Waals surface area contributed by atoms with Gasteiger partial charge < -0.3 is 10.2 Å². The molecule has 1 N–H and O–H groups in total. The number of aryl methyl sites for hydroxylation is 1. The summed E-state index contributed by atoms with van der Waals surface area (Å²) in [4.78, 5) is 2.56. The second-order valence-corrected chi connectivity index (χ2v) is 5.18. The summed E-state index contributed by atoms with van der Waals surface area (Å²) in [5.41, 5.74) is 4.20. The molecule has 0 aromatic heterocycles. The molecule has 1 aliphatic heterocycles. The molecular weight excluding hydrogens is 208 g/mol. The molecule has 1 aromatic rings. The lowest BCUT2D eigenvalue weighted by atomic mass is 10.0. The molecule has 1 unspecified atom stereocenters. The zero-order valence-corrected chi connectivity index (χ0v) is 11.3. The average molecular weight is 232 g/mol. The number of rotatable bonds is 3. The van der Waals surface area contributed by atoms with Crippen LogP contribution in [-0.4, -0.2) is 19.6 Å². The predicted octanol–water partition coefficient (Wildman–Crippen LogP) is 3.09. The first-order valence-corrected chi connectivity index (χ1v) is 6.73. The standard InChI is InChI=1S/C15H24N2/c1-12-10-15(8-7-14(12)11-16-3)17-9-5-4-6-13(17)2/h7-8,10,13,16H,4-6,9,11H2,1-3H3. The summed E-state index contributed by atoms with van der Waals surface area (Å²) in [6, 6.07) is 7.58. The number of piperidine rings is 1. The van der Waals surface area contributed by atoms with E-state index in [9.17, 15) is 0 Å². The molecule has 1 atom stereocenters. The van der Waals surface area contributed by atoms with Gasteiger partial charge in [-0.05, 0) is 63.4 Å². The predicted molar refractivity (Wildman–Crippen MR) is 74.6 cm³/mol. The molecule has 2 rings (SSSR count). The number of hydrogen-bond acceptors (Lipinski definition) is 2. The summed E-state index contributed by atoms with van der Waals surface area (Å²) < 4.78 is 0. The van der Waals surface area contributed by atoms with Crippen LogP contribution < -0.4 is 10.2 Å². The average Bonchev–Trinajstić information content (AvgIpc) is 2.33. The molecule has 1 heterocycles. The van der Waals surface area contributed by atoms with Crippen molar-refractivity contribution in [3.8, 4) is 0 Å². The molecule has 1 aliphatic rings. The van der Waals surface area contributed by atoms with Gasteiger partial charge in [0.25, 0.3) is 0 Å². The Hall–Kier alpha value is -1.02. The highest BCUT2D eigenvalue weighted by Gasteiger charge is 2.18. The van der Waals surface area contributed by atoms with Gasteiger partial charge in [-0.3, -0.25) is 0 Å². The van der Waals surface area contributed by atoms with Crippen LogP contribution in [0.1, 0.15) is 37.3 Å². The smallest absolute Gasteiger partial charge is 0.0371 e. The lowest BCUT2D eigenvalue weighted by Gasteiger charge is -2.35. The molecule has 0 aliphatic carbocycles. The minimum Gasteiger partial charge on any atom is -0.369 e. The highest BCUT2D eigenvalue weighted by Crippen LogP contribution is 2.26. The van der Waals surface area contributed by atoms with E-state index in [1.54, 1.807) is 0 Å².